The summed E-state index contributed by atoms with van der Waals surface area (Å²) >= 11 is 0. The topological polar surface area (TPSA) is 46.5 Å². The summed E-state index contributed by atoms with van der Waals surface area (Å²) in [5, 5.41) is 8.93. The van der Waals surface area contributed by atoms with E-state index in [4.69, 9.17) is 9.84 Å². The lowest BCUT2D eigenvalue weighted by molar-refractivity contribution is -0.137. The van der Waals surface area contributed by atoms with Crippen molar-refractivity contribution in [3.8, 4) is 5.75 Å². The van der Waals surface area contributed by atoms with Crippen LogP contribution in [-0.4, -0.2) is 17.7 Å². The number of para-hydroxylation sites is 1. The van der Waals surface area contributed by atoms with Gasteiger partial charge in [-0.15, -0.1) is 0 Å². The minimum absolute atomic E-state index is 0.0925. The molecule has 1 aliphatic heterocycles. The maximum Gasteiger partial charge on any atom is 0.303 e. The quantitative estimate of drug-likeness (QED) is 0.873. The van der Waals surface area contributed by atoms with Gasteiger partial charge in [-0.2, -0.15) is 0 Å². The van der Waals surface area contributed by atoms with Gasteiger partial charge in [0.2, 0.25) is 0 Å². The molecule has 0 radical (unpaired) electrons. The first-order chi connectivity index (χ1) is 8.09. The van der Waals surface area contributed by atoms with Crippen LogP contribution in [0.3, 0.4) is 0 Å². The van der Waals surface area contributed by atoms with Gasteiger partial charge in [0.1, 0.15) is 5.75 Å². The molecule has 0 saturated heterocycles. The molecular weight excluding hydrogens is 216 g/mol. The van der Waals surface area contributed by atoms with Crippen LogP contribution in [0.1, 0.15) is 49.7 Å². The standard InChI is InChI=1S/C14H18O3/c1-9(2)11-4-3-5-12-10(8-13(15)16)6-7-17-14(11)12/h3-5,9-10H,6-8H2,1-2H3,(H,15,16). The average molecular weight is 234 g/mol. The summed E-state index contributed by atoms with van der Waals surface area (Å²) in [5.74, 6) is 0.668. The molecule has 0 bridgehead atoms. The Hall–Kier alpha value is -1.51. The molecule has 2 rings (SSSR count). The van der Waals surface area contributed by atoms with Crippen LogP contribution in [0, 0.1) is 0 Å². The number of carboxylic acids is 1. The van der Waals surface area contributed by atoms with Crippen molar-refractivity contribution in [2.45, 2.75) is 38.5 Å². The minimum atomic E-state index is -0.738. The van der Waals surface area contributed by atoms with Crippen LogP contribution in [0.15, 0.2) is 18.2 Å². The second-order valence-corrected chi connectivity index (χ2v) is 4.85. The number of ether oxygens (including phenoxy) is 1. The van der Waals surface area contributed by atoms with Gasteiger partial charge < -0.3 is 9.84 Å². The molecule has 3 heteroatoms. The maximum atomic E-state index is 10.9. The van der Waals surface area contributed by atoms with Crippen LogP contribution >= 0.6 is 0 Å². The molecule has 0 amide bonds. The SMILES string of the molecule is CC(C)c1cccc2c1OCCC2CC(=O)O. The van der Waals surface area contributed by atoms with Crippen LogP contribution in [0.4, 0.5) is 0 Å². The van der Waals surface area contributed by atoms with E-state index in [1.54, 1.807) is 0 Å². The first kappa shape index (κ1) is 12.0. The molecule has 3 nitrogen and oxygen atoms in total. The van der Waals surface area contributed by atoms with Crippen molar-refractivity contribution < 1.29 is 14.6 Å². The minimum Gasteiger partial charge on any atom is -0.493 e. The van der Waals surface area contributed by atoms with E-state index in [0.29, 0.717) is 12.5 Å². The van der Waals surface area contributed by atoms with Gasteiger partial charge in [-0.05, 0) is 23.5 Å². The predicted molar refractivity (Wildman–Crippen MR) is 65.6 cm³/mol. The van der Waals surface area contributed by atoms with Crippen LogP contribution in [0.2, 0.25) is 0 Å². The van der Waals surface area contributed by atoms with Crippen LogP contribution in [0.5, 0.6) is 5.75 Å². The number of rotatable bonds is 3. The summed E-state index contributed by atoms with van der Waals surface area (Å²) in [4.78, 5) is 10.9. The molecule has 0 saturated carbocycles. The molecule has 92 valence electrons. The van der Waals surface area contributed by atoms with Gasteiger partial charge >= 0.3 is 5.97 Å². The van der Waals surface area contributed by atoms with Gasteiger partial charge in [-0.25, -0.2) is 0 Å². The third kappa shape index (κ3) is 2.43. The smallest absolute Gasteiger partial charge is 0.303 e. The Morgan fingerprint density at radius 2 is 2.29 bits per heavy atom. The van der Waals surface area contributed by atoms with Crippen molar-refractivity contribution >= 4 is 5.97 Å². The van der Waals surface area contributed by atoms with Crippen molar-refractivity contribution in [3.05, 3.63) is 29.3 Å². The molecule has 0 aromatic heterocycles. The Labute approximate surface area is 101 Å². The molecule has 1 aromatic carbocycles. The molecular formula is C14H18O3. The molecule has 0 spiro atoms. The highest BCUT2D eigenvalue weighted by atomic mass is 16.5. The van der Waals surface area contributed by atoms with Crippen LogP contribution in [-0.2, 0) is 4.79 Å². The summed E-state index contributed by atoms with van der Waals surface area (Å²) < 4.78 is 5.73. The zero-order chi connectivity index (χ0) is 12.4. The average Bonchev–Trinajstić information content (AvgIpc) is 2.28. The lowest BCUT2D eigenvalue weighted by atomic mass is 9.87. The van der Waals surface area contributed by atoms with Crippen LogP contribution in [0.25, 0.3) is 0 Å². The number of aliphatic carboxylic acids is 1. The number of benzene rings is 1. The Morgan fingerprint density at radius 3 is 2.94 bits per heavy atom. The third-order valence-corrected chi connectivity index (χ3v) is 3.27. The lowest BCUT2D eigenvalue weighted by Crippen LogP contribution is -2.18. The zero-order valence-electron chi connectivity index (χ0n) is 10.3. The second kappa shape index (κ2) is 4.78. The highest BCUT2D eigenvalue weighted by Crippen LogP contribution is 2.40. The Balaban J connectivity index is 2.38. The molecule has 17 heavy (non-hydrogen) atoms. The number of carboxylic acid groups (broad SMARTS) is 1. The van der Waals surface area contributed by atoms with E-state index in [1.165, 1.54) is 5.56 Å². The van der Waals surface area contributed by atoms with Crippen molar-refractivity contribution in [1.82, 2.24) is 0 Å². The summed E-state index contributed by atoms with van der Waals surface area (Å²) in [5.41, 5.74) is 2.24. The van der Waals surface area contributed by atoms with Gasteiger partial charge in [0.15, 0.2) is 0 Å². The summed E-state index contributed by atoms with van der Waals surface area (Å²) in [7, 11) is 0. The first-order valence-electron chi connectivity index (χ1n) is 6.07. The van der Waals surface area contributed by atoms with E-state index in [9.17, 15) is 4.79 Å². The van der Waals surface area contributed by atoms with E-state index >= 15 is 0 Å². The Morgan fingerprint density at radius 1 is 1.53 bits per heavy atom. The summed E-state index contributed by atoms with van der Waals surface area (Å²) in [6, 6.07) is 6.05. The number of carbonyl (C=O) groups is 1. The van der Waals surface area contributed by atoms with E-state index in [-0.39, 0.29) is 12.3 Å². The zero-order valence-corrected chi connectivity index (χ0v) is 10.3. The fourth-order valence-electron chi connectivity index (χ4n) is 2.40. The van der Waals surface area contributed by atoms with Crippen molar-refractivity contribution in [3.63, 3.8) is 0 Å². The van der Waals surface area contributed by atoms with Crippen molar-refractivity contribution in [2.75, 3.05) is 6.61 Å². The number of fused-ring (bicyclic) bond motifs is 1. The van der Waals surface area contributed by atoms with Gasteiger partial charge in [0.05, 0.1) is 13.0 Å². The van der Waals surface area contributed by atoms with Gasteiger partial charge in [0.25, 0.3) is 0 Å². The second-order valence-electron chi connectivity index (χ2n) is 4.85. The van der Waals surface area contributed by atoms with Gasteiger partial charge in [-0.3, -0.25) is 4.79 Å². The highest BCUT2D eigenvalue weighted by molar-refractivity contribution is 5.68. The molecule has 1 unspecified atom stereocenters. The van der Waals surface area contributed by atoms with Crippen LogP contribution < -0.4 is 4.74 Å². The largest absolute Gasteiger partial charge is 0.493 e. The Bertz CT molecular complexity index is 423. The monoisotopic (exact) mass is 234 g/mol. The molecule has 1 heterocycles. The number of hydrogen-bond donors (Lipinski definition) is 1. The highest BCUT2D eigenvalue weighted by Gasteiger charge is 2.25. The van der Waals surface area contributed by atoms with E-state index in [1.807, 2.05) is 12.1 Å². The third-order valence-electron chi connectivity index (χ3n) is 3.27. The fraction of sp³-hybridized carbons (Fsp3) is 0.500. The van der Waals surface area contributed by atoms with Gasteiger partial charge in [0, 0.05) is 5.92 Å². The molecule has 1 atom stereocenters. The number of hydrogen-bond acceptors (Lipinski definition) is 2. The molecule has 0 aliphatic carbocycles. The fourth-order valence-corrected chi connectivity index (χ4v) is 2.40. The van der Waals surface area contributed by atoms with Crippen molar-refractivity contribution in [2.24, 2.45) is 0 Å². The first-order valence-corrected chi connectivity index (χ1v) is 6.07. The summed E-state index contributed by atoms with van der Waals surface area (Å²) in [6.07, 6.45) is 0.985. The summed E-state index contributed by atoms with van der Waals surface area (Å²) in [6.45, 7) is 4.87. The van der Waals surface area contributed by atoms with E-state index in [0.717, 1.165) is 17.7 Å². The molecule has 0 fully saturated rings. The molecule has 1 aliphatic rings. The Kier molecular flexibility index (Phi) is 3.36. The van der Waals surface area contributed by atoms with E-state index < -0.39 is 5.97 Å². The normalized spacial score (nSPS) is 18.6. The van der Waals surface area contributed by atoms with Gasteiger partial charge in [-0.1, -0.05) is 32.0 Å². The van der Waals surface area contributed by atoms with Crippen molar-refractivity contribution in [1.29, 1.82) is 0 Å². The lowest BCUT2D eigenvalue weighted by Gasteiger charge is -2.27. The predicted octanol–water partition coefficient (Wildman–Crippen LogP) is 3.15. The molecule has 1 N–H and O–H groups in total. The molecule has 1 aromatic rings. The maximum absolute atomic E-state index is 10.9. The van der Waals surface area contributed by atoms with E-state index in [2.05, 4.69) is 19.9 Å².